The summed E-state index contributed by atoms with van der Waals surface area (Å²) in [7, 11) is 0. The Morgan fingerprint density at radius 1 is 1.16 bits per heavy atom. The van der Waals surface area contributed by atoms with E-state index in [1.54, 1.807) is 0 Å². The smallest absolute Gasteiger partial charge is 0.239 e. The number of carbonyl (C=O) groups excluding carboxylic acids is 2. The van der Waals surface area contributed by atoms with Crippen molar-refractivity contribution in [2.75, 3.05) is 6.54 Å². The topological polar surface area (TPSA) is 84.2 Å². The zero-order chi connectivity index (χ0) is 19.2. The van der Waals surface area contributed by atoms with Gasteiger partial charge in [-0.25, -0.2) is 0 Å². The van der Waals surface area contributed by atoms with Crippen molar-refractivity contribution in [3.63, 3.8) is 0 Å². The van der Waals surface area contributed by atoms with Crippen molar-refractivity contribution < 1.29 is 9.59 Å². The first kappa shape index (κ1) is 21.5. The summed E-state index contributed by atoms with van der Waals surface area (Å²) in [4.78, 5) is 24.2. The molecule has 4 N–H and O–H groups in total. The summed E-state index contributed by atoms with van der Waals surface area (Å²) in [6, 6.07) is 6.66. The number of amides is 2. The van der Waals surface area contributed by atoms with Gasteiger partial charge in [0.25, 0.3) is 0 Å². The van der Waals surface area contributed by atoms with E-state index >= 15 is 0 Å². The lowest BCUT2D eigenvalue weighted by molar-refractivity contribution is -0.127. The monoisotopic (exact) mass is 367 g/mol. The molecule has 0 radical (unpaired) electrons. The second-order valence-electron chi connectivity index (χ2n) is 7.92. The van der Waals surface area contributed by atoms with Crippen molar-refractivity contribution in [3.05, 3.63) is 34.9 Å². The summed E-state index contributed by atoms with van der Waals surface area (Å²) in [5.74, 6) is -0.539. The summed E-state index contributed by atoms with van der Waals surface area (Å²) < 4.78 is 0. The van der Waals surface area contributed by atoms with Gasteiger partial charge in [-0.05, 0) is 35.4 Å². The SMILES string of the molecule is CC(C)[C@H](N)C(=O)NCC(=O)NC(CC(C)(C)C)c1ccc(Cl)cc1. The first-order valence-electron chi connectivity index (χ1n) is 8.57. The van der Waals surface area contributed by atoms with Crippen molar-refractivity contribution in [2.45, 2.75) is 53.1 Å². The molecular formula is C19H30ClN3O2. The van der Waals surface area contributed by atoms with Crippen molar-refractivity contribution >= 4 is 23.4 Å². The summed E-state index contributed by atoms with van der Waals surface area (Å²) in [5.41, 5.74) is 6.79. The minimum atomic E-state index is -0.616. The molecule has 2 amide bonds. The molecule has 0 spiro atoms. The minimum Gasteiger partial charge on any atom is -0.348 e. The molecule has 0 aromatic heterocycles. The molecule has 1 unspecified atom stereocenters. The number of hydrogen-bond donors (Lipinski definition) is 3. The number of hydrogen-bond acceptors (Lipinski definition) is 3. The third-order valence-corrected chi connectivity index (χ3v) is 4.12. The molecule has 0 aliphatic rings. The van der Waals surface area contributed by atoms with Gasteiger partial charge in [0.2, 0.25) is 11.8 Å². The van der Waals surface area contributed by atoms with Gasteiger partial charge < -0.3 is 16.4 Å². The molecule has 0 aliphatic carbocycles. The Bertz CT molecular complexity index is 579. The van der Waals surface area contributed by atoms with Crippen LogP contribution >= 0.6 is 11.6 Å². The lowest BCUT2D eigenvalue weighted by atomic mass is 9.85. The molecule has 0 saturated carbocycles. The van der Waals surface area contributed by atoms with E-state index in [1.165, 1.54) is 0 Å². The van der Waals surface area contributed by atoms with E-state index in [9.17, 15) is 9.59 Å². The van der Waals surface area contributed by atoms with Gasteiger partial charge in [-0.1, -0.05) is 58.4 Å². The zero-order valence-corrected chi connectivity index (χ0v) is 16.5. The Morgan fingerprint density at radius 2 is 1.72 bits per heavy atom. The Kier molecular flexibility index (Phi) is 7.90. The highest BCUT2D eigenvalue weighted by atomic mass is 35.5. The molecule has 0 aliphatic heterocycles. The number of nitrogens with one attached hydrogen (secondary N) is 2. The summed E-state index contributed by atoms with van der Waals surface area (Å²) in [5, 5.41) is 6.24. The molecule has 2 atom stereocenters. The van der Waals surface area contributed by atoms with Gasteiger partial charge in [-0.3, -0.25) is 9.59 Å². The number of rotatable bonds is 7. The standard InChI is InChI=1S/C19H30ClN3O2/c1-12(2)17(21)18(25)22-11-16(24)23-15(10-19(3,4)5)13-6-8-14(20)9-7-13/h6-9,12,15,17H,10-11,21H2,1-5H3,(H,22,25)(H,23,24)/t15?,17-/m0/s1. The van der Waals surface area contributed by atoms with Crippen LogP contribution in [0.1, 0.15) is 52.6 Å². The van der Waals surface area contributed by atoms with E-state index in [0.717, 1.165) is 12.0 Å². The highest BCUT2D eigenvalue weighted by Crippen LogP contribution is 2.29. The molecule has 6 heteroatoms. The van der Waals surface area contributed by atoms with Crippen molar-refractivity contribution in [1.29, 1.82) is 0 Å². The Morgan fingerprint density at radius 3 is 2.20 bits per heavy atom. The fourth-order valence-corrected chi connectivity index (χ4v) is 2.52. The molecule has 0 saturated heterocycles. The Labute approximate surface area is 155 Å². The molecule has 25 heavy (non-hydrogen) atoms. The van der Waals surface area contributed by atoms with Crippen molar-refractivity contribution in [1.82, 2.24) is 10.6 Å². The van der Waals surface area contributed by atoms with Crippen LogP contribution in [0.4, 0.5) is 0 Å². The third kappa shape index (κ3) is 7.88. The molecule has 5 nitrogen and oxygen atoms in total. The summed E-state index contributed by atoms with van der Waals surface area (Å²) in [6.07, 6.45) is 0.764. The largest absolute Gasteiger partial charge is 0.348 e. The van der Waals surface area contributed by atoms with Crippen molar-refractivity contribution in [3.8, 4) is 0 Å². The van der Waals surface area contributed by atoms with E-state index in [4.69, 9.17) is 17.3 Å². The predicted octanol–water partition coefficient (Wildman–Crippen LogP) is 3.03. The van der Waals surface area contributed by atoms with Crippen LogP contribution in [-0.2, 0) is 9.59 Å². The van der Waals surface area contributed by atoms with E-state index in [0.29, 0.717) is 5.02 Å². The van der Waals surface area contributed by atoms with E-state index < -0.39 is 6.04 Å². The number of carbonyl (C=O) groups is 2. The van der Waals surface area contributed by atoms with Gasteiger partial charge >= 0.3 is 0 Å². The van der Waals surface area contributed by atoms with Crippen LogP contribution in [0.3, 0.4) is 0 Å². The van der Waals surface area contributed by atoms with E-state index in [-0.39, 0.29) is 35.7 Å². The lowest BCUT2D eigenvalue weighted by Crippen LogP contribution is -2.47. The minimum absolute atomic E-state index is 0.0192. The Balaban J connectivity index is 2.72. The number of benzene rings is 1. The van der Waals surface area contributed by atoms with Crippen LogP contribution in [0.25, 0.3) is 0 Å². The zero-order valence-electron chi connectivity index (χ0n) is 15.7. The second-order valence-corrected chi connectivity index (χ2v) is 8.36. The summed E-state index contributed by atoms with van der Waals surface area (Å²) >= 11 is 5.95. The second kappa shape index (κ2) is 9.20. The molecule has 140 valence electrons. The molecule has 1 aromatic rings. The quantitative estimate of drug-likeness (QED) is 0.692. The van der Waals surface area contributed by atoms with Gasteiger partial charge in [0.1, 0.15) is 0 Å². The molecule has 1 aromatic carbocycles. The van der Waals surface area contributed by atoms with Gasteiger partial charge in [-0.15, -0.1) is 0 Å². The van der Waals surface area contributed by atoms with Crippen LogP contribution in [0, 0.1) is 11.3 Å². The van der Waals surface area contributed by atoms with Gasteiger partial charge in [-0.2, -0.15) is 0 Å². The van der Waals surface area contributed by atoms with Crippen molar-refractivity contribution in [2.24, 2.45) is 17.1 Å². The van der Waals surface area contributed by atoms with Crippen LogP contribution in [0.2, 0.25) is 5.02 Å². The first-order valence-corrected chi connectivity index (χ1v) is 8.95. The average Bonchev–Trinajstić information content (AvgIpc) is 2.50. The highest BCUT2D eigenvalue weighted by Gasteiger charge is 2.23. The molecule has 1 rings (SSSR count). The predicted molar refractivity (Wildman–Crippen MR) is 102 cm³/mol. The molecule has 0 heterocycles. The average molecular weight is 368 g/mol. The van der Waals surface area contributed by atoms with Crippen LogP contribution < -0.4 is 16.4 Å². The number of nitrogens with two attached hydrogens (primary N) is 1. The number of halogens is 1. The van der Waals surface area contributed by atoms with Gasteiger partial charge in [0, 0.05) is 5.02 Å². The van der Waals surface area contributed by atoms with Gasteiger partial charge in [0.05, 0.1) is 18.6 Å². The van der Waals surface area contributed by atoms with Crippen LogP contribution in [0.5, 0.6) is 0 Å². The van der Waals surface area contributed by atoms with Crippen LogP contribution in [0.15, 0.2) is 24.3 Å². The maximum Gasteiger partial charge on any atom is 0.239 e. The first-order chi connectivity index (χ1) is 11.5. The van der Waals surface area contributed by atoms with Crippen LogP contribution in [-0.4, -0.2) is 24.4 Å². The normalized spacial score (nSPS) is 14.1. The molecule has 0 bridgehead atoms. The Hall–Kier alpha value is -1.59. The third-order valence-electron chi connectivity index (χ3n) is 3.87. The molecule has 0 fully saturated rings. The maximum absolute atomic E-state index is 12.3. The van der Waals surface area contributed by atoms with E-state index in [2.05, 4.69) is 31.4 Å². The lowest BCUT2D eigenvalue weighted by Gasteiger charge is -2.27. The van der Waals surface area contributed by atoms with E-state index in [1.807, 2.05) is 38.1 Å². The fraction of sp³-hybridized carbons (Fsp3) is 0.579. The highest BCUT2D eigenvalue weighted by molar-refractivity contribution is 6.30. The maximum atomic E-state index is 12.3. The fourth-order valence-electron chi connectivity index (χ4n) is 2.39. The summed E-state index contributed by atoms with van der Waals surface area (Å²) in [6.45, 7) is 9.99. The van der Waals surface area contributed by atoms with Gasteiger partial charge in [0.15, 0.2) is 0 Å². The molecular weight excluding hydrogens is 338 g/mol.